The van der Waals surface area contributed by atoms with Crippen molar-refractivity contribution in [1.82, 2.24) is 14.5 Å². The molecule has 0 aliphatic heterocycles. The van der Waals surface area contributed by atoms with Crippen LogP contribution >= 0.6 is 0 Å². The number of rotatable bonds is 4. The van der Waals surface area contributed by atoms with E-state index in [4.69, 9.17) is 5.73 Å². The number of H-pyrrole nitrogens is 1. The summed E-state index contributed by atoms with van der Waals surface area (Å²) in [5.41, 5.74) is 9.49. The summed E-state index contributed by atoms with van der Waals surface area (Å²) in [6.45, 7) is 4.10. The fraction of sp³-hybridized carbons (Fsp3) is 0.235. The summed E-state index contributed by atoms with van der Waals surface area (Å²) in [4.78, 5) is 7.41. The van der Waals surface area contributed by atoms with Crippen molar-refractivity contribution < 1.29 is 0 Å². The lowest BCUT2D eigenvalue weighted by Crippen LogP contribution is -2.34. The van der Waals surface area contributed by atoms with E-state index in [0.717, 1.165) is 17.5 Å². The highest BCUT2D eigenvalue weighted by molar-refractivity contribution is 5.91. The average molecular weight is 280 g/mol. The molecule has 21 heavy (non-hydrogen) atoms. The number of para-hydroxylation sites is 1. The van der Waals surface area contributed by atoms with Gasteiger partial charge in [-0.15, -0.1) is 0 Å². The molecule has 3 N–H and O–H groups in total. The second-order valence-corrected chi connectivity index (χ2v) is 6.07. The molecule has 3 aromatic rings. The number of imidazole rings is 1. The molecule has 0 radical (unpaired) electrons. The first-order chi connectivity index (χ1) is 10.0. The normalized spacial score (nSPS) is 12.5. The molecule has 2 aromatic heterocycles. The number of benzene rings is 1. The SMILES string of the molecule is CC(C)(N)Cc1c[nH]c2c(/C=C/n3ccnc3)cccc12. The van der Waals surface area contributed by atoms with Gasteiger partial charge in [-0.2, -0.15) is 0 Å². The maximum absolute atomic E-state index is 6.14. The number of hydrogen-bond donors (Lipinski definition) is 2. The van der Waals surface area contributed by atoms with Crippen LogP contribution in [0.4, 0.5) is 0 Å². The number of hydrogen-bond acceptors (Lipinski definition) is 2. The van der Waals surface area contributed by atoms with Crippen LogP contribution in [-0.4, -0.2) is 20.1 Å². The monoisotopic (exact) mass is 280 g/mol. The predicted octanol–water partition coefficient (Wildman–Crippen LogP) is 3.27. The van der Waals surface area contributed by atoms with Gasteiger partial charge in [0.1, 0.15) is 0 Å². The van der Waals surface area contributed by atoms with Crippen LogP contribution < -0.4 is 5.73 Å². The molecule has 4 heteroatoms. The quantitative estimate of drug-likeness (QED) is 0.770. The molecule has 0 fully saturated rings. The average Bonchev–Trinajstić information content (AvgIpc) is 3.05. The van der Waals surface area contributed by atoms with Crippen LogP contribution in [0.2, 0.25) is 0 Å². The highest BCUT2D eigenvalue weighted by atomic mass is 15.0. The van der Waals surface area contributed by atoms with Crippen molar-refractivity contribution >= 4 is 23.2 Å². The molecular formula is C17H20N4. The standard InChI is InChI=1S/C17H20N4/c1-17(2,18)10-14-11-20-16-13(4-3-5-15(14)16)6-8-21-9-7-19-12-21/h3-9,11-12,20H,10,18H2,1-2H3/b8-6+. The van der Waals surface area contributed by atoms with E-state index in [9.17, 15) is 0 Å². The molecule has 0 aliphatic rings. The zero-order chi connectivity index (χ0) is 14.9. The van der Waals surface area contributed by atoms with Crippen LogP contribution in [0.5, 0.6) is 0 Å². The maximum atomic E-state index is 6.14. The van der Waals surface area contributed by atoms with E-state index in [2.05, 4.69) is 54.3 Å². The minimum absolute atomic E-state index is 0.211. The number of fused-ring (bicyclic) bond motifs is 1. The van der Waals surface area contributed by atoms with Gasteiger partial charge in [0.15, 0.2) is 0 Å². The first-order valence-corrected chi connectivity index (χ1v) is 7.06. The van der Waals surface area contributed by atoms with Crippen molar-refractivity contribution in [2.24, 2.45) is 5.73 Å². The van der Waals surface area contributed by atoms with E-state index >= 15 is 0 Å². The van der Waals surface area contributed by atoms with Crippen molar-refractivity contribution in [3.63, 3.8) is 0 Å². The number of nitrogens with one attached hydrogen (secondary N) is 1. The highest BCUT2D eigenvalue weighted by Gasteiger charge is 2.15. The molecule has 0 aliphatic carbocycles. The molecule has 4 nitrogen and oxygen atoms in total. The predicted molar refractivity (Wildman–Crippen MR) is 87.7 cm³/mol. The highest BCUT2D eigenvalue weighted by Crippen LogP contribution is 2.25. The number of aromatic amines is 1. The van der Waals surface area contributed by atoms with Crippen LogP contribution in [0.25, 0.3) is 23.2 Å². The second kappa shape index (κ2) is 5.22. The first-order valence-electron chi connectivity index (χ1n) is 7.06. The number of nitrogens with two attached hydrogens (primary N) is 1. The molecule has 1 aromatic carbocycles. The zero-order valence-corrected chi connectivity index (χ0v) is 12.4. The van der Waals surface area contributed by atoms with Gasteiger partial charge in [0.2, 0.25) is 0 Å². The lowest BCUT2D eigenvalue weighted by molar-refractivity contribution is 0.518. The first kappa shape index (κ1) is 13.6. The van der Waals surface area contributed by atoms with Gasteiger partial charge in [-0.25, -0.2) is 4.98 Å². The molecule has 0 saturated heterocycles. The van der Waals surface area contributed by atoms with E-state index < -0.39 is 0 Å². The Morgan fingerprint density at radius 1 is 1.38 bits per heavy atom. The largest absolute Gasteiger partial charge is 0.360 e. The molecule has 0 atom stereocenters. The lowest BCUT2D eigenvalue weighted by atomic mass is 9.95. The van der Waals surface area contributed by atoms with E-state index in [0.29, 0.717) is 0 Å². The molecule has 2 heterocycles. The fourth-order valence-corrected chi connectivity index (χ4v) is 2.54. The van der Waals surface area contributed by atoms with Crippen molar-refractivity contribution in [2.75, 3.05) is 0 Å². The Bertz CT molecular complexity index is 758. The molecule has 3 rings (SSSR count). The van der Waals surface area contributed by atoms with Gasteiger partial charge < -0.3 is 15.3 Å². The van der Waals surface area contributed by atoms with Crippen LogP contribution in [0.15, 0.2) is 43.1 Å². The van der Waals surface area contributed by atoms with Gasteiger partial charge in [-0.3, -0.25) is 0 Å². The van der Waals surface area contributed by atoms with Gasteiger partial charge in [0, 0.05) is 35.7 Å². The molecule has 0 spiro atoms. The number of aromatic nitrogens is 3. The van der Waals surface area contributed by atoms with Gasteiger partial charge in [0.05, 0.1) is 11.8 Å². The van der Waals surface area contributed by atoms with Crippen LogP contribution in [0.3, 0.4) is 0 Å². The summed E-state index contributed by atoms with van der Waals surface area (Å²) >= 11 is 0. The number of nitrogens with zero attached hydrogens (tertiary/aromatic N) is 2. The van der Waals surface area contributed by atoms with Gasteiger partial charge >= 0.3 is 0 Å². The lowest BCUT2D eigenvalue weighted by Gasteiger charge is -2.17. The Morgan fingerprint density at radius 2 is 2.24 bits per heavy atom. The molecular weight excluding hydrogens is 260 g/mol. The van der Waals surface area contributed by atoms with Crippen molar-refractivity contribution in [3.8, 4) is 0 Å². The second-order valence-electron chi connectivity index (χ2n) is 6.07. The van der Waals surface area contributed by atoms with Crippen molar-refractivity contribution in [1.29, 1.82) is 0 Å². The van der Waals surface area contributed by atoms with E-state index in [1.54, 1.807) is 12.5 Å². The van der Waals surface area contributed by atoms with Crippen molar-refractivity contribution in [3.05, 3.63) is 54.2 Å². The fourth-order valence-electron chi connectivity index (χ4n) is 2.54. The Morgan fingerprint density at radius 3 is 2.95 bits per heavy atom. The van der Waals surface area contributed by atoms with Crippen LogP contribution in [0.1, 0.15) is 25.0 Å². The summed E-state index contributed by atoms with van der Waals surface area (Å²) in [5, 5.41) is 1.24. The smallest absolute Gasteiger partial charge is 0.0986 e. The molecule has 0 amide bonds. The summed E-state index contributed by atoms with van der Waals surface area (Å²) in [7, 11) is 0. The van der Waals surface area contributed by atoms with Gasteiger partial charge in [-0.05, 0) is 37.5 Å². The Balaban J connectivity index is 1.98. The molecule has 0 bridgehead atoms. The summed E-state index contributed by atoms with van der Waals surface area (Å²) < 4.78 is 1.92. The topological polar surface area (TPSA) is 59.6 Å². The minimum atomic E-state index is -0.211. The van der Waals surface area contributed by atoms with Gasteiger partial charge in [0.25, 0.3) is 0 Å². The third-order valence-electron chi connectivity index (χ3n) is 3.43. The summed E-state index contributed by atoms with van der Waals surface area (Å²) in [6, 6.07) is 6.32. The van der Waals surface area contributed by atoms with Crippen molar-refractivity contribution in [2.45, 2.75) is 25.8 Å². The molecule has 0 saturated carbocycles. The zero-order valence-electron chi connectivity index (χ0n) is 12.4. The third-order valence-corrected chi connectivity index (χ3v) is 3.43. The summed E-state index contributed by atoms with van der Waals surface area (Å²) in [6.07, 6.45) is 12.4. The Labute approximate surface area is 124 Å². The van der Waals surface area contributed by atoms with E-state index in [1.807, 2.05) is 17.0 Å². The van der Waals surface area contributed by atoms with E-state index in [1.165, 1.54) is 10.9 Å². The minimum Gasteiger partial charge on any atom is -0.360 e. The van der Waals surface area contributed by atoms with Crippen LogP contribution in [0, 0.1) is 0 Å². The van der Waals surface area contributed by atoms with Crippen LogP contribution in [-0.2, 0) is 6.42 Å². The third kappa shape index (κ3) is 3.06. The Hall–Kier alpha value is -2.33. The maximum Gasteiger partial charge on any atom is 0.0986 e. The molecule has 0 unspecified atom stereocenters. The van der Waals surface area contributed by atoms with E-state index in [-0.39, 0.29) is 5.54 Å². The van der Waals surface area contributed by atoms with Gasteiger partial charge in [-0.1, -0.05) is 18.2 Å². The molecule has 108 valence electrons. The summed E-state index contributed by atoms with van der Waals surface area (Å²) in [5.74, 6) is 0. The Kier molecular flexibility index (Phi) is 3.39.